The summed E-state index contributed by atoms with van der Waals surface area (Å²) in [6.45, 7) is 4.89. The van der Waals surface area contributed by atoms with E-state index in [2.05, 4.69) is 10.4 Å². The maximum absolute atomic E-state index is 11.7. The van der Waals surface area contributed by atoms with E-state index in [9.17, 15) is 8.42 Å². The standard InChI is InChI=1S/C14H24ClN3O2S/c1-4-11-14(15)13(18(3)17-11)8-12(16-5-2)10-6-7-21(19,20)9-10/h10,12,16H,4-9H2,1-3H3. The highest BCUT2D eigenvalue weighted by molar-refractivity contribution is 7.91. The number of likely N-dealkylation sites (N-methyl/N-ethyl adjacent to an activating group) is 1. The molecule has 1 aromatic heterocycles. The number of rotatable bonds is 6. The van der Waals surface area contributed by atoms with Crippen LogP contribution in [0, 0.1) is 5.92 Å². The molecule has 1 N–H and O–H groups in total. The van der Waals surface area contributed by atoms with Gasteiger partial charge < -0.3 is 5.32 Å². The molecule has 7 heteroatoms. The monoisotopic (exact) mass is 333 g/mol. The lowest BCUT2D eigenvalue weighted by Gasteiger charge is -2.23. The first-order chi connectivity index (χ1) is 9.88. The van der Waals surface area contributed by atoms with Crippen LogP contribution in [0.2, 0.25) is 5.02 Å². The van der Waals surface area contributed by atoms with E-state index in [-0.39, 0.29) is 17.7 Å². The predicted molar refractivity (Wildman–Crippen MR) is 85.5 cm³/mol. The van der Waals surface area contributed by atoms with E-state index in [0.717, 1.165) is 42.2 Å². The van der Waals surface area contributed by atoms with E-state index in [1.54, 1.807) is 0 Å². The number of nitrogens with zero attached hydrogens (tertiary/aromatic N) is 2. The number of hydrogen-bond donors (Lipinski definition) is 1. The fraction of sp³-hybridized carbons (Fsp3) is 0.786. The second-order valence-electron chi connectivity index (χ2n) is 5.72. The van der Waals surface area contributed by atoms with Crippen molar-refractivity contribution in [2.45, 2.75) is 39.2 Å². The van der Waals surface area contributed by atoms with Gasteiger partial charge in [0, 0.05) is 19.5 Å². The smallest absolute Gasteiger partial charge is 0.150 e. The molecule has 5 nitrogen and oxygen atoms in total. The van der Waals surface area contributed by atoms with Gasteiger partial charge in [-0.1, -0.05) is 25.4 Å². The second-order valence-corrected chi connectivity index (χ2v) is 8.32. The van der Waals surface area contributed by atoms with Gasteiger partial charge in [-0.25, -0.2) is 8.42 Å². The molecule has 1 aromatic rings. The Hall–Kier alpha value is -0.590. The largest absolute Gasteiger partial charge is 0.314 e. The van der Waals surface area contributed by atoms with Crippen LogP contribution in [-0.2, 0) is 29.7 Å². The Balaban J connectivity index is 2.19. The van der Waals surface area contributed by atoms with Crippen LogP contribution in [0.1, 0.15) is 31.7 Å². The summed E-state index contributed by atoms with van der Waals surface area (Å²) in [7, 11) is -0.969. The lowest BCUT2D eigenvalue weighted by atomic mass is 9.94. The minimum absolute atomic E-state index is 0.130. The number of sulfone groups is 1. The van der Waals surface area contributed by atoms with E-state index >= 15 is 0 Å². The van der Waals surface area contributed by atoms with Crippen molar-refractivity contribution in [1.29, 1.82) is 0 Å². The molecule has 2 atom stereocenters. The summed E-state index contributed by atoms with van der Waals surface area (Å²) in [5.74, 6) is 0.741. The molecule has 2 rings (SSSR count). The fourth-order valence-corrected chi connectivity index (χ4v) is 5.31. The molecule has 0 bridgehead atoms. The maximum Gasteiger partial charge on any atom is 0.150 e. The molecule has 1 saturated heterocycles. The predicted octanol–water partition coefficient (Wildman–Crippen LogP) is 1.59. The highest BCUT2D eigenvalue weighted by Crippen LogP contribution is 2.27. The molecule has 21 heavy (non-hydrogen) atoms. The van der Waals surface area contributed by atoms with E-state index in [1.165, 1.54) is 0 Å². The van der Waals surface area contributed by atoms with Crippen LogP contribution in [0.15, 0.2) is 0 Å². The van der Waals surface area contributed by atoms with Gasteiger partial charge >= 0.3 is 0 Å². The second kappa shape index (κ2) is 6.67. The van der Waals surface area contributed by atoms with Crippen LogP contribution >= 0.6 is 11.6 Å². The van der Waals surface area contributed by atoms with Crippen molar-refractivity contribution in [1.82, 2.24) is 15.1 Å². The third kappa shape index (κ3) is 3.79. The number of nitrogens with one attached hydrogen (secondary N) is 1. The molecule has 0 saturated carbocycles. The minimum atomic E-state index is -2.87. The Morgan fingerprint density at radius 2 is 2.19 bits per heavy atom. The molecule has 0 aliphatic carbocycles. The molecule has 1 aliphatic heterocycles. The summed E-state index contributed by atoms with van der Waals surface area (Å²) in [5.41, 5.74) is 1.90. The number of aromatic nitrogens is 2. The lowest BCUT2D eigenvalue weighted by Crippen LogP contribution is -2.39. The third-order valence-corrected chi connectivity index (χ3v) is 6.45. The zero-order valence-electron chi connectivity index (χ0n) is 12.9. The van der Waals surface area contributed by atoms with Gasteiger partial charge in [0.25, 0.3) is 0 Å². The molecule has 120 valence electrons. The molecule has 2 heterocycles. The molecule has 1 aliphatic rings. The molecule has 0 amide bonds. The van der Waals surface area contributed by atoms with Gasteiger partial charge in [-0.3, -0.25) is 4.68 Å². The van der Waals surface area contributed by atoms with Crippen molar-refractivity contribution in [3.05, 3.63) is 16.4 Å². The number of hydrogen-bond acceptors (Lipinski definition) is 4. The highest BCUT2D eigenvalue weighted by atomic mass is 35.5. The first-order valence-corrected chi connectivity index (χ1v) is 9.72. The molecule has 0 aromatic carbocycles. The highest BCUT2D eigenvalue weighted by Gasteiger charge is 2.34. The van der Waals surface area contributed by atoms with Crippen molar-refractivity contribution in [2.75, 3.05) is 18.1 Å². The Kier molecular flexibility index (Phi) is 5.33. The summed E-state index contributed by atoms with van der Waals surface area (Å²) >= 11 is 6.41. The summed E-state index contributed by atoms with van der Waals surface area (Å²) in [6, 6.07) is 0.130. The molecular formula is C14H24ClN3O2S. The third-order valence-electron chi connectivity index (χ3n) is 4.22. The van der Waals surface area contributed by atoms with Crippen molar-refractivity contribution in [2.24, 2.45) is 13.0 Å². The Morgan fingerprint density at radius 1 is 1.48 bits per heavy atom. The van der Waals surface area contributed by atoms with Crippen molar-refractivity contribution in [3.8, 4) is 0 Å². The Labute approximate surface area is 132 Å². The van der Waals surface area contributed by atoms with Gasteiger partial charge in [0.15, 0.2) is 9.84 Å². The van der Waals surface area contributed by atoms with Crippen LogP contribution in [0.25, 0.3) is 0 Å². The lowest BCUT2D eigenvalue weighted by molar-refractivity contribution is 0.379. The molecule has 0 radical (unpaired) electrons. The number of halogens is 1. The van der Waals surface area contributed by atoms with E-state index in [4.69, 9.17) is 11.6 Å². The van der Waals surface area contributed by atoms with Gasteiger partial charge in [-0.15, -0.1) is 0 Å². The minimum Gasteiger partial charge on any atom is -0.314 e. The summed E-state index contributed by atoms with van der Waals surface area (Å²) in [6.07, 6.45) is 2.25. The fourth-order valence-electron chi connectivity index (χ4n) is 3.06. The quantitative estimate of drug-likeness (QED) is 0.858. The average Bonchev–Trinajstić information content (AvgIpc) is 2.91. The van der Waals surface area contributed by atoms with Crippen LogP contribution in [0.3, 0.4) is 0 Å². The van der Waals surface area contributed by atoms with Gasteiger partial charge in [0.1, 0.15) is 0 Å². The zero-order valence-corrected chi connectivity index (χ0v) is 14.5. The SMILES string of the molecule is CCNC(Cc1c(Cl)c(CC)nn1C)C1CCS(=O)(=O)C1. The Bertz CT molecular complexity index is 598. The molecule has 2 unspecified atom stereocenters. The van der Waals surface area contributed by atoms with Crippen molar-refractivity contribution in [3.63, 3.8) is 0 Å². The summed E-state index contributed by atoms with van der Waals surface area (Å²) in [5, 5.41) is 8.59. The van der Waals surface area contributed by atoms with Crippen LogP contribution in [0.4, 0.5) is 0 Å². The van der Waals surface area contributed by atoms with E-state index in [0.29, 0.717) is 5.75 Å². The van der Waals surface area contributed by atoms with Crippen LogP contribution < -0.4 is 5.32 Å². The first-order valence-electron chi connectivity index (χ1n) is 7.52. The summed E-state index contributed by atoms with van der Waals surface area (Å²) < 4.78 is 25.3. The molecular weight excluding hydrogens is 310 g/mol. The Morgan fingerprint density at radius 3 is 2.67 bits per heavy atom. The van der Waals surface area contributed by atoms with E-state index in [1.807, 2.05) is 25.6 Å². The maximum atomic E-state index is 11.7. The topological polar surface area (TPSA) is 64.0 Å². The summed E-state index contributed by atoms with van der Waals surface area (Å²) in [4.78, 5) is 0. The normalized spacial score (nSPS) is 22.6. The van der Waals surface area contributed by atoms with Gasteiger partial charge in [0.05, 0.1) is 27.9 Å². The molecule has 0 spiro atoms. The van der Waals surface area contributed by atoms with Gasteiger partial charge in [-0.05, 0) is 25.3 Å². The van der Waals surface area contributed by atoms with E-state index < -0.39 is 9.84 Å². The van der Waals surface area contributed by atoms with Gasteiger partial charge in [0.2, 0.25) is 0 Å². The first kappa shape index (κ1) is 16.8. The van der Waals surface area contributed by atoms with Crippen LogP contribution in [-0.4, -0.2) is 42.3 Å². The van der Waals surface area contributed by atoms with Crippen molar-refractivity contribution >= 4 is 21.4 Å². The van der Waals surface area contributed by atoms with Crippen molar-refractivity contribution < 1.29 is 8.42 Å². The van der Waals surface area contributed by atoms with Gasteiger partial charge in [-0.2, -0.15) is 5.10 Å². The zero-order chi connectivity index (χ0) is 15.6. The molecule has 1 fully saturated rings. The number of aryl methyl sites for hydroxylation is 2. The van der Waals surface area contributed by atoms with Crippen LogP contribution in [0.5, 0.6) is 0 Å². The average molecular weight is 334 g/mol.